The number of hydrogen-bond donors (Lipinski definition) is 0. The van der Waals surface area contributed by atoms with Crippen molar-refractivity contribution in [2.75, 3.05) is 20.8 Å². The minimum absolute atomic E-state index is 0.0153. The Bertz CT molecular complexity index is 785. The van der Waals surface area contributed by atoms with Crippen molar-refractivity contribution in [2.24, 2.45) is 0 Å². The predicted octanol–water partition coefficient (Wildman–Crippen LogP) is 4.04. The molecule has 0 unspecified atom stereocenters. The van der Waals surface area contributed by atoms with E-state index in [1.54, 1.807) is 24.3 Å². The molecule has 5 heteroatoms. The van der Waals surface area contributed by atoms with Crippen LogP contribution in [0, 0.1) is 0 Å². The van der Waals surface area contributed by atoms with Crippen molar-refractivity contribution in [2.45, 2.75) is 26.2 Å². The Labute approximate surface area is 153 Å². The molecule has 0 aliphatic heterocycles. The number of hydrogen-bond acceptors (Lipinski definition) is 5. The summed E-state index contributed by atoms with van der Waals surface area (Å²) in [5, 5.41) is 0. The highest BCUT2D eigenvalue weighted by Gasteiger charge is 2.16. The normalized spacial score (nSPS) is 11.0. The van der Waals surface area contributed by atoms with E-state index in [-0.39, 0.29) is 17.8 Å². The van der Waals surface area contributed by atoms with E-state index < -0.39 is 5.97 Å². The first-order valence-corrected chi connectivity index (χ1v) is 8.29. The van der Waals surface area contributed by atoms with Gasteiger partial charge in [-0.1, -0.05) is 45.0 Å². The molecule has 0 heterocycles. The van der Waals surface area contributed by atoms with Crippen molar-refractivity contribution in [1.82, 2.24) is 0 Å². The Morgan fingerprint density at radius 1 is 0.846 bits per heavy atom. The summed E-state index contributed by atoms with van der Waals surface area (Å²) in [6, 6.07) is 12.0. The van der Waals surface area contributed by atoms with Crippen LogP contribution in [-0.2, 0) is 10.2 Å². The largest absolute Gasteiger partial charge is 0.493 e. The third-order valence-corrected chi connectivity index (χ3v) is 4.03. The number of ether oxygens (including phenoxy) is 3. The second-order valence-electron chi connectivity index (χ2n) is 6.90. The lowest BCUT2D eigenvalue weighted by Crippen LogP contribution is -2.15. The maximum atomic E-state index is 12.2. The molecule has 0 spiro atoms. The van der Waals surface area contributed by atoms with E-state index in [1.807, 2.05) is 12.1 Å². The Morgan fingerprint density at radius 3 is 1.96 bits per heavy atom. The van der Waals surface area contributed by atoms with Gasteiger partial charge in [0.15, 0.2) is 23.9 Å². The molecular formula is C21H24O5. The minimum atomic E-state index is -0.592. The van der Waals surface area contributed by atoms with Gasteiger partial charge in [-0.3, -0.25) is 4.79 Å². The molecule has 5 nitrogen and oxygen atoms in total. The first-order valence-electron chi connectivity index (χ1n) is 8.29. The summed E-state index contributed by atoms with van der Waals surface area (Å²) in [7, 11) is 3.00. The summed E-state index contributed by atoms with van der Waals surface area (Å²) in [6.07, 6.45) is 0. The number of carbonyl (C=O) groups excluding carboxylic acids is 2. The van der Waals surface area contributed by atoms with Crippen molar-refractivity contribution in [1.29, 1.82) is 0 Å². The second-order valence-corrected chi connectivity index (χ2v) is 6.90. The smallest absolute Gasteiger partial charge is 0.338 e. The van der Waals surface area contributed by atoms with Crippen molar-refractivity contribution in [3.05, 3.63) is 59.2 Å². The zero-order valence-electron chi connectivity index (χ0n) is 15.8. The van der Waals surface area contributed by atoms with Gasteiger partial charge < -0.3 is 14.2 Å². The number of rotatable bonds is 6. The van der Waals surface area contributed by atoms with Gasteiger partial charge in [-0.2, -0.15) is 0 Å². The molecule has 0 amide bonds. The van der Waals surface area contributed by atoms with E-state index in [1.165, 1.54) is 20.3 Å². The second kappa shape index (κ2) is 8.04. The molecule has 2 rings (SSSR count). The number of benzene rings is 2. The molecule has 0 aromatic heterocycles. The lowest BCUT2D eigenvalue weighted by molar-refractivity contribution is 0.0474. The summed E-state index contributed by atoms with van der Waals surface area (Å²) in [6.45, 7) is 6.00. The quantitative estimate of drug-likeness (QED) is 0.577. The molecule has 0 aliphatic carbocycles. The van der Waals surface area contributed by atoms with Crippen LogP contribution in [0.4, 0.5) is 0 Å². The van der Waals surface area contributed by atoms with Crippen molar-refractivity contribution >= 4 is 11.8 Å². The third-order valence-electron chi connectivity index (χ3n) is 4.03. The zero-order valence-corrected chi connectivity index (χ0v) is 15.8. The van der Waals surface area contributed by atoms with Gasteiger partial charge in [0.2, 0.25) is 0 Å². The summed E-state index contributed by atoms with van der Waals surface area (Å²) < 4.78 is 15.4. The minimum Gasteiger partial charge on any atom is -0.493 e. The topological polar surface area (TPSA) is 61.8 Å². The molecule has 138 valence electrons. The summed E-state index contributed by atoms with van der Waals surface area (Å²) in [5.74, 6) is 0.0926. The fourth-order valence-corrected chi connectivity index (χ4v) is 2.42. The molecule has 26 heavy (non-hydrogen) atoms. The van der Waals surface area contributed by atoms with Gasteiger partial charge in [0.25, 0.3) is 0 Å². The Balaban J connectivity index is 2.01. The summed E-state index contributed by atoms with van der Waals surface area (Å²) >= 11 is 0. The van der Waals surface area contributed by atoms with Crippen molar-refractivity contribution in [3.8, 4) is 11.5 Å². The molecular weight excluding hydrogens is 332 g/mol. The van der Waals surface area contributed by atoms with Crippen LogP contribution in [-0.4, -0.2) is 32.6 Å². The predicted molar refractivity (Wildman–Crippen MR) is 99.3 cm³/mol. The van der Waals surface area contributed by atoms with Crippen LogP contribution in [0.25, 0.3) is 0 Å². The van der Waals surface area contributed by atoms with E-state index in [0.29, 0.717) is 22.6 Å². The molecule has 0 saturated heterocycles. The molecule has 2 aromatic rings. The number of carbonyl (C=O) groups is 2. The van der Waals surface area contributed by atoms with Crippen LogP contribution < -0.4 is 9.47 Å². The van der Waals surface area contributed by atoms with Crippen LogP contribution in [0.5, 0.6) is 11.5 Å². The molecule has 0 bridgehead atoms. The van der Waals surface area contributed by atoms with E-state index in [0.717, 1.165) is 5.56 Å². The van der Waals surface area contributed by atoms with Crippen LogP contribution in [0.15, 0.2) is 42.5 Å². The zero-order chi connectivity index (χ0) is 19.3. The number of Topliss-reactive ketones (excluding diaryl/α,β-unsaturated/α-hetero) is 1. The van der Waals surface area contributed by atoms with Gasteiger partial charge in [-0.25, -0.2) is 4.79 Å². The van der Waals surface area contributed by atoms with Gasteiger partial charge in [0.05, 0.1) is 19.8 Å². The Hall–Kier alpha value is -2.82. The highest BCUT2D eigenvalue weighted by atomic mass is 16.5. The van der Waals surface area contributed by atoms with Crippen molar-refractivity contribution in [3.63, 3.8) is 0 Å². The van der Waals surface area contributed by atoms with E-state index in [4.69, 9.17) is 14.2 Å². The monoisotopic (exact) mass is 356 g/mol. The fraction of sp³-hybridized carbons (Fsp3) is 0.333. The molecule has 0 aliphatic rings. The maximum absolute atomic E-state index is 12.2. The summed E-state index contributed by atoms with van der Waals surface area (Å²) in [4.78, 5) is 24.4. The number of esters is 1. The maximum Gasteiger partial charge on any atom is 0.338 e. The van der Waals surface area contributed by atoms with Gasteiger partial charge in [-0.05, 0) is 29.2 Å². The van der Waals surface area contributed by atoms with Gasteiger partial charge in [0.1, 0.15) is 0 Å². The first kappa shape index (κ1) is 19.5. The fourth-order valence-electron chi connectivity index (χ4n) is 2.42. The molecule has 0 atom stereocenters. The molecule has 0 fully saturated rings. The van der Waals surface area contributed by atoms with Crippen LogP contribution in [0.3, 0.4) is 0 Å². The van der Waals surface area contributed by atoms with E-state index >= 15 is 0 Å². The first-order chi connectivity index (χ1) is 12.3. The van der Waals surface area contributed by atoms with Crippen LogP contribution >= 0.6 is 0 Å². The van der Waals surface area contributed by atoms with Crippen LogP contribution in [0.1, 0.15) is 47.1 Å². The molecule has 0 saturated carbocycles. The van der Waals surface area contributed by atoms with Crippen molar-refractivity contribution < 1.29 is 23.8 Å². The van der Waals surface area contributed by atoms with Gasteiger partial charge >= 0.3 is 5.97 Å². The average molecular weight is 356 g/mol. The Kier molecular flexibility index (Phi) is 6.03. The molecule has 0 N–H and O–H groups in total. The average Bonchev–Trinajstić information content (AvgIpc) is 2.64. The standard InChI is InChI=1S/C21H24O5/c1-21(2,3)16-9-6-14(7-10-16)17(22)13-26-20(23)15-8-11-18(24-4)19(12-15)25-5/h6-12H,13H2,1-5H3. The Morgan fingerprint density at radius 2 is 1.42 bits per heavy atom. The third kappa shape index (κ3) is 4.63. The molecule has 2 aromatic carbocycles. The lowest BCUT2D eigenvalue weighted by Gasteiger charge is -2.18. The van der Waals surface area contributed by atoms with Crippen LogP contribution in [0.2, 0.25) is 0 Å². The summed E-state index contributed by atoms with van der Waals surface area (Å²) in [5.41, 5.74) is 1.95. The van der Waals surface area contributed by atoms with Gasteiger partial charge in [-0.15, -0.1) is 0 Å². The number of methoxy groups -OCH3 is 2. The number of ketones is 1. The highest BCUT2D eigenvalue weighted by Crippen LogP contribution is 2.28. The van der Waals surface area contributed by atoms with E-state index in [9.17, 15) is 9.59 Å². The lowest BCUT2D eigenvalue weighted by atomic mass is 9.86. The SMILES string of the molecule is COc1ccc(C(=O)OCC(=O)c2ccc(C(C)(C)C)cc2)cc1OC. The van der Waals surface area contributed by atoms with Gasteiger partial charge in [0, 0.05) is 5.56 Å². The molecule has 0 radical (unpaired) electrons. The van der Waals surface area contributed by atoms with E-state index in [2.05, 4.69) is 20.8 Å². The highest BCUT2D eigenvalue weighted by molar-refractivity contribution is 5.99.